The van der Waals surface area contributed by atoms with Gasteiger partial charge in [-0.15, -0.1) is 0 Å². The highest BCUT2D eigenvalue weighted by molar-refractivity contribution is 5.76. The van der Waals surface area contributed by atoms with Gasteiger partial charge >= 0.3 is 0 Å². The third kappa shape index (κ3) is 5.38. The van der Waals surface area contributed by atoms with Gasteiger partial charge in [0.1, 0.15) is 5.82 Å². The number of fused-ring (bicyclic) bond motifs is 1. The minimum absolute atomic E-state index is 0.0365. The highest BCUT2D eigenvalue weighted by Gasteiger charge is 2.09. The topological polar surface area (TPSA) is 46.9 Å². The number of nitrogens with zero attached hydrogens (tertiary/aromatic N) is 2. The standard InChI is InChI=1S/C19H29N3O/c1-3-4-5-6-9-15-22-18-12-8-7-11-17(18)21-19(22)13-10-14-20-16(2)23/h7-8,11-12H,3-6,9-10,13-15H2,1-2H3,(H,20,23). The molecule has 0 unspecified atom stereocenters. The molecule has 1 aromatic carbocycles. The number of carbonyl (C=O) groups is 1. The van der Waals surface area contributed by atoms with Crippen LogP contribution in [0.3, 0.4) is 0 Å². The maximum atomic E-state index is 11.0. The molecule has 0 saturated carbocycles. The van der Waals surface area contributed by atoms with Gasteiger partial charge in [-0.25, -0.2) is 4.98 Å². The van der Waals surface area contributed by atoms with Gasteiger partial charge in [-0.2, -0.15) is 0 Å². The van der Waals surface area contributed by atoms with Gasteiger partial charge in [0, 0.05) is 26.4 Å². The first kappa shape index (κ1) is 17.5. The molecule has 0 aliphatic heterocycles. The number of imidazole rings is 1. The molecule has 1 N–H and O–H groups in total. The first-order chi connectivity index (χ1) is 11.2. The summed E-state index contributed by atoms with van der Waals surface area (Å²) in [6.07, 6.45) is 8.25. The van der Waals surface area contributed by atoms with Gasteiger partial charge in [0.05, 0.1) is 11.0 Å². The Balaban J connectivity index is 1.99. The molecule has 0 aliphatic carbocycles. The normalized spacial score (nSPS) is 11.0. The number of aryl methyl sites for hydroxylation is 2. The second-order valence-corrected chi connectivity index (χ2v) is 6.17. The van der Waals surface area contributed by atoms with Crippen molar-refractivity contribution in [2.24, 2.45) is 0 Å². The summed E-state index contributed by atoms with van der Waals surface area (Å²) >= 11 is 0. The molecule has 126 valence electrons. The summed E-state index contributed by atoms with van der Waals surface area (Å²) < 4.78 is 2.37. The van der Waals surface area contributed by atoms with Crippen molar-refractivity contribution in [2.75, 3.05) is 6.54 Å². The van der Waals surface area contributed by atoms with Gasteiger partial charge in [-0.1, -0.05) is 44.7 Å². The van der Waals surface area contributed by atoms with Crippen molar-refractivity contribution < 1.29 is 4.79 Å². The van der Waals surface area contributed by atoms with Gasteiger partial charge in [-0.05, 0) is 25.0 Å². The molecule has 0 aliphatic rings. The Morgan fingerprint density at radius 3 is 2.70 bits per heavy atom. The fraction of sp³-hybridized carbons (Fsp3) is 0.579. The first-order valence-electron chi connectivity index (χ1n) is 8.91. The lowest BCUT2D eigenvalue weighted by molar-refractivity contribution is -0.118. The Kier molecular flexibility index (Phi) is 7.11. The third-order valence-corrected chi connectivity index (χ3v) is 4.17. The van der Waals surface area contributed by atoms with Crippen LogP contribution in [0.2, 0.25) is 0 Å². The van der Waals surface area contributed by atoms with E-state index in [0.29, 0.717) is 0 Å². The Bertz CT molecular complexity index is 618. The predicted molar refractivity (Wildman–Crippen MR) is 95.5 cm³/mol. The zero-order chi connectivity index (χ0) is 16.5. The van der Waals surface area contributed by atoms with Gasteiger partial charge in [0.2, 0.25) is 5.91 Å². The Hall–Kier alpha value is -1.84. The summed E-state index contributed by atoms with van der Waals surface area (Å²) in [4.78, 5) is 15.8. The van der Waals surface area contributed by atoms with Crippen LogP contribution in [0.1, 0.15) is 58.2 Å². The highest BCUT2D eigenvalue weighted by Crippen LogP contribution is 2.18. The SMILES string of the molecule is CCCCCCCn1c(CCCNC(C)=O)nc2ccccc21. The number of hydrogen-bond acceptors (Lipinski definition) is 2. The zero-order valence-corrected chi connectivity index (χ0v) is 14.5. The molecule has 1 aromatic heterocycles. The third-order valence-electron chi connectivity index (χ3n) is 4.17. The van der Waals surface area contributed by atoms with Crippen LogP contribution >= 0.6 is 0 Å². The molecular formula is C19H29N3O. The molecule has 1 heterocycles. The molecule has 0 bridgehead atoms. The molecule has 2 rings (SSSR count). The van der Waals surface area contributed by atoms with Crippen LogP contribution in [0, 0.1) is 0 Å². The number of aromatic nitrogens is 2. The van der Waals surface area contributed by atoms with Gasteiger partial charge in [-0.3, -0.25) is 4.79 Å². The van der Waals surface area contributed by atoms with E-state index in [2.05, 4.69) is 35.0 Å². The molecule has 2 aromatic rings. The van der Waals surface area contributed by atoms with E-state index in [9.17, 15) is 4.79 Å². The number of unbranched alkanes of at least 4 members (excludes halogenated alkanes) is 4. The molecule has 0 fully saturated rings. The fourth-order valence-corrected chi connectivity index (χ4v) is 2.95. The van der Waals surface area contributed by atoms with E-state index in [1.165, 1.54) is 37.6 Å². The average Bonchev–Trinajstić information content (AvgIpc) is 2.89. The molecule has 1 amide bonds. The minimum Gasteiger partial charge on any atom is -0.356 e. The summed E-state index contributed by atoms with van der Waals surface area (Å²) in [6, 6.07) is 8.37. The number of benzene rings is 1. The van der Waals surface area contributed by atoms with E-state index in [1.807, 2.05) is 6.07 Å². The van der Waals surface area contributed by atoms with Crippen LogP contribution in [0.15, 0.2) is 24.3 Å². The number of amides is 1. The van der Waals surface area contributed by atoms with Gasteiger partial charge in [0.15, 0.2) is 0 Å². The highest BCUT2D eigenvalue weighted by atomic mass is 16.1. The smallest absolute Gasteiger partial charge is 0.216 e. The molecule has 0 saturated heterocycles. The van der Waals surface area contributed by atoms with Crippen molar-refractivity contribution >= 4 is 16.9 Å². The second kappa shape index (κ2) is 9.33. The van der Waals surface area contributed by atoms with Crippen molar-refractivity contribution in [1.29, 1.82) is 0 Å². The van der Waals surface area contributed by atoms with Crippen LogP contribution < -0.4 is 5.32 Å². The van der Waals surface area contributed by atoms with Crippen molar-refractivity contribution in [3.63, 3.8) is 0 Å². The summed E-state index contributed by atoms with van der Waals surface area (Å²) in [5.74, 6) is 1.18. The first-order valence-corrected chi connectivity index (χ1v) is 8.91. The number of hydrogen-bond donors (Lipinski definition) is 1. The molecule has 23 heavy (non-hydrogen) atoms. The van der Waals surface area contributed by atoms with E-state index < -0.39 is 0 Å². The quantitative estimate of drug-likeness (QED) is 0.672. The molecule has 0 atom stereocenters. The van der Waals surface area contributed by atoms with Gasteiger partial charge in [0.25, 0.3) is 0 Å². The van der Waals surface area contributed by atoms with Crippen molar-refractivity contribution in [3.05, 3.63) is 30.1 Å². The molecule has 4 heteroatoms. The number of rotatable bonds is 10. The number of para-hydroxylation sites is 2. The van der Waals surface area contributed by atoms with Crippen LogP contribution in [0.5, 0.6) is 0 Å². The van der Waals surface area contributed by atoms with Gasteiger partial charge < -0.3 is 9.88 Å². The lowest BCUT2D eigenvalue weighted by Gasteiger charge is -2.09. The minimum atomic E-state index is 0.0365. The zero-order valence-electron chi connectivity index (χ0n) is 14.5. The van der Waals surface area contributed by atoms with Crippen molar-refractivity contribution in [3.8, 4) is 0 Å². The molecule has 0 spiro atoms. The summed E-state index contributed by atoms with van der Waals surface area (Å²) in [6.45, 7) is 5.57. The van der Waals surface area contributed by atoms with Crippen LogP contribution in [0.4, 0.5) is 0 Å². The summed E-state index contributed by atoms with van der Waals surface area (Å²) in [5, 5.41) is 2.86. The van der Waals surface area contributed by atoms with Crippen molar-refractivity contribution in [1.82, 2.24) is 14.9 Å². The Morgan fingerprint density at radius 1 is 1.13 bits per heavy atom. The number of carbonyl (C=O) groups excluding carboxylic acids is 1. The average molecular weight is 315 g/mol. The second-order valence-electron chi connectivity index (χ2n) is 6.17. The van der Waals surface area contributed by atoms with E-state index in [0.717, 1.165) is 37.3 Å². The van der Waals surface area contributed by atoms with E-state index in [4.69, 9.17) is 4.98 Å². The lowest BCUT2D eigenvalue weighted by Crippen LogP contribution is -2.21. The fourth-order valence-electron chi connectivity index (χ4n) is 2.95. The molecule has 4 nitrogen and oxygen atoms in total. The summed E-state index contributed by atoms with van der Waals surface area (Å²) in [5.41, 5.74) is 2.31. The van der Waals surface area contributed by atoms with E-state index in [1.54, 1.807) is 6.92 Å². The van der Waals surface area contributed by atoms with Crippen LogP contribution in [-0.4, -0.2) is 22.0 Å². The molecule has 0 radical (unpaired) electrons. The monoisotopic (exact) mass is 315 g/mol. The Morgan fingerprint density at radius 2 is 1.91 bits per heavy atom. The van der Waals surface area contributed by atoms with Crippen LogP contribution in [-0.2, 0) is 17.8 Å². The molecular weight excluding hydrogens is 286 g/mol. The number of nitrogens with one attached hydrogen (secondary N) is 1. The lowest BCUT2D eigenvalue weighted by atomic mass is 10.1. The van der Waals surface area contributed by atoms with Crippen LogP contribution in [0.25, 0.3) is 11.0 Å². The predicted octanol–water partition coefficient (Wildman–Crippen LogP) is 4.08. The van der Waals surface area contributed by atoms with E-state index >= 15 is 0 Å². The summed E-state index contributed by atoms with van der Waals surface area (Å²) in [7, 11) is 0. The maximum absolute atomic E-state index is 11.0. The van der Waals surface area contributed by atoms with Crippen molar-refractivity contribution in [2.45, 2.75) is 65.3 Å². The Labute approximate surface area is 139 Å². The maximum Gasteiger partial charge on any atom is 0.216 e. The van der Waals surface area contributed by atoms with E-state index in [-0.39, 0.29) is 5.91 Å². The largest absolute Gasteiger partial charge is 0.356 e.